The van der Waals surface area contributed by atoms with Crippen molar-refractivity contribution in [2.24, 2.45) is 5.92 Å². The highest BCUT2D eigenvalue weighted by Crippen LogP contribution is 2.31. The van der Waals surface area contributed by atoms with Crippen LogP contribution in [0.4, 0.5) is 10.1 Å². The Morgan fingerprint density at radius 1 is 1.32 bits per heavy atom. The fraction of sp³-hybridized carbons (Fsp3) is 0.600. The molecule has 0 atom stereocenters. The highest BCUT2D eigenvalue weighted by atomic mass is 19.1. The first-order chi connectivity index (χ1) is 9.10. The van der Waals surface area contributed by atoms with E-state index in [1.54, 1.807) is 13.2 Å². The summed E-state index contributed by atoms with van der Waals surface area (Å²) in [6, 6.07) is 4.58. The minimum Gasteiger partial charge on any atom is -0.495 e. The Morgan fingerprint density at radius 3 is 2.63 bits per heavy atom. The molecule has 0 aliphatic heterocycles. The van der Waals surface area contributed by atoms with Gasteiger partial charge in [-0.3, -0.25) is 0 Å². The van der Waals surface area contributed by atoms with Gasteiger partial charge in [-0.1, -0.05) is 0 Å². The van der Waals surface area contributed by atoms with Gasteiger partial charge in [0.1, 0.15) is 11.6 Å². The molecule has 1 aromatic carbocycles. The molecule has 19 heavy (non-hydrogen) atoms. The van der Waals surface area contributed by atoms with Crippen LogP contribution in [0.3, 0.4) is 0 Å². The van der Waals surface area contributed by atoms with Crippen molar-refractivity contribution < 1.29 is 14.2 Å². The van der Waals surface area contributed by atoms with Crippen molar-refractivity contribution in [2.45, 2.75) is 31.8 Å². The molecule has 1 fully saturated rings. The summed E-state index contributed by atoms with van der Waals surface area (Å²) < 4.78 is 18.6. The smallest absolute Gasteiger partial charge is 0.142 e. The zero-order chi connectivity index (χ0) is 13.8. The molecule has 0 unspecified atom stereocenters. The molecule has 0 saturated heterocycles. The van der Waals surface area contributed by atoms with E-state index in [0.717, 1.165) is 37.9 Å². The quantitative estimate of drug-likeness (QED) is 0.910. The van der Waals surface area contributed by atoms with Crippen LogP contribution in [0, 0.1) is 11.7 Å². The minimum absolute atomic E-state index is 0.134. The fourth-order valence-corrected chi connectivity index (χ4v) is 2.77. The third kappa shape index (κ3) is 3.60. The van der Waals surface area contributed by atoms with Gasteiger partial charge in [0.05, 0.1) is 18.9 Å². The number of methoxy groups -OCH3 is 1. The summed E-state index contributed by atoms with van der Waals surface area (Å²) in [5, 5.41) is 9.51. The van der Waals surface area contributed by atoms with E-state index in [1.165, 1.54) is 12.1 Å². The first-order valence-electron chi connectivity index (χ1n) is 6.83. The Balaban J connectivity index is 2.03. The number of nitrogens with zero attached hydrogens (tertiary/aromatic N) is 1. The van der Waals surface area contributed by atoms with Gasteiger partial charge in [-0.05, 0) is 43.7 Å². The Hall–Kier alpha value is -1.29. The largest absolute Gasteiger partial charge is 0.495 e. The number of ether oxygens (including phenoxy) is 1. The molecule has 0 amide bonds. The van der Waals surface area contributed by atoms with Crippen LogP contribution in [-0.4, -0.2) is 31.9 Å². The molecule has 0 bridgehead atoms. The van der Waals surface area contributed by atoms with Crippen molar-refractivity contribution in [2.75, 3.05) is 25.6 Å². The van der Waals surface area contributed by atoms with Crippen LogP contribution in [0.1, 0.15) is 25.7 Å². The summed E-state index contributed by atoms with van der Waals surface area (Å²) in [4.78, 5) is 2.05. The molecular formula is C15H22FNO2. The summed E-state index contributed by atoms with van der Waals surface area (Å²) in [5.74, 6) is 1.00. The van der Waals surface area contributed by atoms with Crippen molar-refractivity contribution in [3.8, 4) is 5.75 Å². The maximum Gasteiger partial charge on any atom is 0.142 e. The van der Waals surface area contributed by atoms with E-state index in [9.17, 15) is 9.50 Å². The lowest BCUT2D eigenvalue weighted by Gasteiger charge is -2.30. The van der Waals surface area contributed by atoms with Crippen LogP contribution in [0.25, 0.3) is 0 Å². The van der Waals surface area contributed by atoms with E-state index >= 15 is 0 Å². The van der Waals surface area contributed by atoms with E-state index in [4.69, 9.17) is 4.74 Å². The van der Waals surface area contributed by atoms with Crippen molar-refractivity contribution in [3.05, 3.63) is 24.0 Å². The van der Waals surface area contributed by atoms with Gasteiger partial charge in [0.15, 0.2) is 0 Å². The zero-order valence-corrected chi connectivity index (χ0v) is 11.6. The van der Waals surface area contributed by atoms with E-state index in [1.807, 2.05) is 11.9 Å². The first kappa shape index (κ1) is 14.1. The van der Waals surface area contributed by atoms with Crippen molar-refractivity contribution >= 4 is 5.69 Å². The van der Waals surface area contributed by atoms with E-state index in [2.05, 4.69) is 0 Å². The lowest BCUT2D eigenvalue weighted by molar-refractivity contribution is 0.110. The Bertz CT molecular complexity index is 417. The van der Waals surface area contributed by atoms with Gasteiger partial charge >= 0.3 is 0 Å². The molecule has 106 valence electrons. The highest BCUT2D eigenvalue weighted by Gasteiger charge is 2.21. The SMILES string of the molecule is COc1ccc(F)cc1N(C)CC1CCC(O)CC1. The van der Waals surface area contributed by atoms with Gasteiger partial charge < -0.3 is 14.7 Å². The number of aliphatic hydroxyl groups is 1. The van der Waals surface area contributed by atoms with Gasteiger partial charge in [0.2, 0.25) is 0 Å². The predicted octanol–water partition coefficient (Wildman–Crippen LogP) is 2.82. The number of halogens is 1. The number of benzene rings is 1. The summed E-state index contributed by atoms with van der Waals surface area (Å²) in [5.41, 5.74) is 0.786. The monoisotopic (exact) mass is 267 g/mol. The van der Waals surface area contributed by atoms with Gasteiger partial charge in [0, 0.05) is 19.7 Å². The van der Waals surface area contributed by atoms with Gasteiger partial charge in [0.25, 0.3) is 0 Å². The van der Waals surface area contributed by atoms with Crippen molar-refractivity contribution in [3.63, 3.8) is 0 Å². The summed E-state index contributed by atoms with van der Waals surface area (Å²) in [6.07, 6.45) is 3.68. The van der Waals surface area contributed by atoms with E-state index < -0.39 is 0 Å². The summed E-state index contributed by atoms with van der Waals surface area (Å²) in [6.45, 7) is 0.868. The van der Waals surface area contributed by atoms with Crippen LogP contribution in [-0.2, 0) is 0 Å². The Morgan fingerprint density at radius 2 is 2.00 bits per heavy atom. The molecule has 1 N–H and O–H groups in total. The van der Waals surface area contributed by atoms with Gasteiger partial charge in [-0.15, -0.1) is 0 Å². The predicted molar refractivity (Wildman–Crippen MR) is 74.2 cm³/mol. The molecule has 0 radical (unpaired) electrons. The molecule has 0 heterocycles. The van der Waals surface area contributed by atoms with Crippen molar-refractivity contribution in [1.29, 1.82) is 0 Å². The number of hydrogen-bond acceptors (Lipinski definition) is 3. The Kier molecular flexibility index (Phi) is 4.64. The average molecular weight is 267 g/mol. The Labute approximate surface area is 114 Å². The normalized spacial score (nSPS) is 23.2. The second-order valence-corrected chi connectivity index (χ2v) is 5.37. The molecule has 4 heteroatoms. The average Bonchev–Trinajstić information content (AvgIpc) is 2.41. The second kappa shape index (κ2) is 6.24. The van der Waals surface area contributed by atoms with Crippen LogP contribution < -0.4 is 9.64 Å². The number of anilines is 1. The molecule has 1 aliphatic rings. The third-order valence-electron chi connectivity index (χ3n) is 3.90. The standard InChI is InChI=1S/C15H22FNO2/c1-17(10-11-3-6-13(18)7-4-11)14-9-12(16)5-8-15(14)19-2/h5,8-9,11,13,18H,3-4,6-7,10H2,1-2H3. The molecule has 2 rings (SSSR count). The fourth-order valence-electron chi connectivity index (χ4n) is 2.77. The molecular weight excluding hydrogens is 245 g/mol. The third-order valence-corrected chi connectivity index (χ3v) is 3.90. The van der Waals surface area contributed by atoms with Gasteiger partial charge in [-0.25, -0.2) is 4.39 Å². The van der Waals surface area contributed by atoms with Crippen molar-refractivity contribution in [1.82, 2.24) is 0 Å². The molecule has 0 aromatic heterocycles. The second-order valence-electron chi connectivity index (χ2n) is 5.37. The maximum atomic E-state index is 13.4. The van der Waals surface area contributed by atoms with Gasteiger partial charge in [-0.2, -0.15) is 0 Å². The molecule has 1 saturated carbocycles. The van der Waals surface area contributed by atoms with Crippen LogP contribution in [0.5, 0.6) is 5.75 Å². The minimum atomic E-state index is -0.248. The highest BCUT2D eigenvalue weighted by molar-refractivity contribution is 5.58. The topological polar surface area (TPSA) is 32.7 Å². The van der Waals surface area contributed by atoms with Crippen LogP contribution >= 0.6 is 0 Å². The molecule has 0 spiro atoms. The van der Waals surface area contributed by atoms with E-state index in [0.29, 0.717) is 11.7 Å². The lowest BCUT2D eigenvalue weighted by atomic mass is 9.87. The molecule has 1 aliphatic carbocycles. The first-order valence-corrected chi connectivity index (χ1v) is 6.83. The summed E-state index contributed by atoms with van der Waals surface area (Å²) in [7, 11) is 3.56. The number of aliphatic hydroxyl groups excluding tert-OH is 1. The van der Waals surface area contributed by atoms with Crippen LogP contribution in [0.2, 0.25) is 0 Å². The van der Waals surface area contributed by atoms with Crippen LogP contribution in [0.15, 0.2) is 18.2 Å². The number of hydrogen-bond donors (Lipinski definition) is 1. The molecule has 1 aromatic rings. The zero-order valence-electron chi connectivity index (χ0n) is 11.6. The molecule has 3 nitrogen and oxygen atoms in total. The maximum absolute atomic E-state index is 13.4. The summed E-state index contributed by atoms with van der Waals surface area (Å²) >= 11 is 0. The number of rotatable bonds is 4. The van der Waals surface area contributed by atoms with E-state index in [-0.39, 0.29) is 11.9 Å². The lowest BCUT2D eigenvalue weighted by Crippen LogP contribution is -2.29.